The van der Waals surface area contributed by atoms with Gasteiger partial charge in [0.15, 0.2) is 11.5 Å². The minimum atomic E-state index is -0.390. The van der Waals surface area contributed by atoms with Gasteiger partial charge in [0.25, 0.3) is 5.91 Å². The third-order valence-electron chi connectivity index (χ3n) is 4.33. The number of benzene rings is 2. The van der Waals surface area contributed by atoms with Gasteiger partial charge in [-0.15, -0.1) is 0 Å². The van der Waals surface area contributed by atoms with Crippen LogP contribution in [0.1, 0.15) is 15.9 Å². The molecule has 0 bridgehead atoms. The first-order chi connectivity index (χ1) is 12.7. The Balaban J connectivity index is 1.55. The van der Waals surface area contributed by atoms with Crippen molar-refractivity contribution in [2.45, 2.75) is 6.42 Å². The van der Waals surface area contributed by atoms with E-state index < -0.39 is 0 Å². The number of amides is 1. The topological polar surface area (TPSA) is 80.4 Å². The number of hydrogen-bond acceptors (Lipinski definition) is 4. The first-order valence-corrected chi connectivity index (χ1v) is 8.49. The summed E-state index contributed by atoms with van der Waals surface area (Å²) < 4.78 is 11.0. The van der Waals surface area contributed by atoms with Crippen molar-refractivity contribution < 1.29 is 14.3 Å². The van der Waals surface area contributed by atoms with E-state index in [9.17, 15) is 9.59 Å². The van der Waals surface area contributed by atoms with E-state index in [1.165, 1.54) is 6.20 Å². The smallest absolute Gasteiger partial charge is 0.256 e. The molecule has 0 spiro atoms. The lowest BCUT2D eigenvalue weighted by Crippen LogP contribution is -2.30. The fourth-order valence-corrected chi connectivity index (χ4v) is 2.99. The van der Waals surface area contributed by atoms with E-state index in [1.54, 1.807) is 12.1 Å². The summed E-state index contributed by atoms with van der Waals surface area (Å²) in [5.41, 5.74) is 1.50. The lowest BCUT2D eigenvalue weighted by atomic mass is 10.1. The van der Waals surface area contributed by atoms with Crippen LogP contribution in [0.15, 0.2) is 53.5 Å². The Bertz CT molecular complexity index is 1010. The highest BCUT2D eigenvalue weighted by atomic mass is 16.6. The highest BCUT2D eigenvalue weighted by molar-refractivity contribution is 5.97. The highest BCUT2D eigenvalue weighted by Crippen LogP contribution is 2.32. The normalized spacial score (nSPS) is 12.8. The number of carbonyl (C=O) groups excluding carboxylic acids is 1. The zero-order valence-electron chi connectivity index (χ0n) is 14.1. The van der Waals surface area contributed by atoms with Crippen LogP contribution >= 0.6 is 0 Å². The predicted molar refractivity (Wildman–Crippen MR) is 98.0 cm³/mol. The van der Waals surface area contributed by atoms with E-state index in [0.717, 1.165) is 5.56 Å². The van der Waals surface area contributed by atoms with E-state index >= 15 is 0 Å². The number of aromatic amines is 1. The summed E-state index contributed by atoms with van der Waals surface area (Å²) in [6.45, 7) is 1.38. The summed E-state index contributed by atoms with van der Waals surface area (Å²) in [6.07, 6.45) is 2.15. The molecule has 0 saturated carbocycles. The highest BCUT2D eigenvalue weighted by Gasteiger charge is 2.17. The third kappa shape index (κ3) is 3.13. The number of ether oxygens (including phenoxy) is 2. The summed E-state index contributed by atoms with van der Waals surface area (Å²) in [4.78, 5) is 28.1. The van der Waals surface area contributed by atoms with E-state index in [1.807, 2.05) is 30.3 Å². The van der Waals surface area contributed by atoms with Crippen molar-refractivity contribution >= 4 is 16.8 Å². The Morgan fingerprint density at radius 1 is 1.08 bits per heavy atom. The van der Waals surface area contributed by atoms with Gasteiger partial charge in [-0.2, -0.15) is 0 Å². The minimum absolute atomic E-state index is 0.0854. The van der Waals surface area contributed by atoms with Crippen LogP contribution in [0.2, 0.25) is 0 Å². The number of H-pyrrole nitrogens is 1. The number of fused-ring (bicyclic) bond motifs is 2. The molecule has 1 amide bonds. The maximum absolute atomic E-state index is 12.7. The summed E-state index contributed by atoms with van der Waals surface area (Å²) in [5.74, 6) is 0.731. The number of aromatic nitrogens is 1. The van der Waals surface area contributed by atoms with Gasteiger partial charge in [-0.25, -0.2) is 0 Å². The minimum Gasteiger partial charge on any atom is -0.486 e. The number of carbonyl (C=O) groups is 1. The molecule has 2 aromatic carbocycles. The summed E-state index contributed by atoms with van der Waals surface area (Å²) in [5, 5.41) is 3.21. The van der Waals surface area contributed by atoms with Gasteiger partial charge in [0, 0.05) is 18.8 Å². The van der Waals surface area contributed by atoms with Crippen LogP contribution in [-0.4, -0.2) is 30.6 Å². The number of nitrogens with one attached hydrogen (secondary N) is 2. The first-order valence-electron chi connectivity index (χ1n) is 8.49. The summed E-state index contributed by atoms with van der Waals surface area (Å²) in [7, 11) is 0. The Morgan fingerprint density at radius 3 is 2.58 bits per heavy atom. The molecular weight excluding hydrogens is 332 g/mol. The van der Waals surface area contributed by atoms with Gasteiger partial charge in [0.05, 0.1) is 10.9 Å². The van der Waals surface area contributed by atoms with Crippen LogP contribution in [0.4, 0.5) is 0 Å². The van der Waals surface area contributed by atoms with Gasteiger partial charge >= 0.3 is 0 Å². The summed E-state index contributed by atoms with van der Waals surface area (Å²) in [6, 6.07) is 13.2. The molecule has 1 aromatic heterocycles. The number of hydrogen-bond donors (Lipinski definition) is 2. The SMILES string of the molecule is O=C(NCCc1ccccc1)c1c[nH]c2cc3c(cc2c1=O)OCCO3. The second-order valence-corrected chi connectivity index (χ2v) is 6.06. The van der Waals surface area contributed by atoms with Gasteiger partial charge < -0.3 is 19.8 Å². The zero-order valence-corrected chi connectivity index (χ0v) is 14.1. The van der Waals surface area contributed by atoms with Crippen molar-refractivity contribution in [2.24, 2.45) is 0 Å². The second kappa shape index (κ2) is 6.92. The molecule has 0 unspecified atom stereocenters. The quantitative estimate of drug-likeness (QED) is 0.756. The fraction of sp³-hybridized carbons (Fsp3) is 0.200. The lowest BCUT2D eigenvalue weighted by molar-refractivity contribution is 0.0953. The molecule has 0 radical (unpaired) electrons. The van der Waals surface area contributed by atoms with Crippen molar-refractivity contribution in [1.82, 2.24) is 10.3 Å². The average molecular weight is 350 g/mol. The molecule has 0 saturated heterocycles. The molecule has 4 rings (SSSR count). The molecule has 0 aliphatic carbocycles. The molecule has 1 aliphatic rings. The molecular formula is C20H18N2O4. The molecule has 1 aliphatic heterocycles. The molecule has 6 nitrogen and oxygen atoms in total. The maximum Gasteiger partial charge on any atom is 0.256 e. The average Bonchev–Trinajstić information content (AvgIpc) is 2.68. The van der Waals surface area contributed by atoms with Crippen molar-refractivity contribution in [1.29, 1.82) is 0 Å². The van der Waals surface area contributed by atoms with Gasteiger partial charge in [-0.05, 0) is 18.1 Å². The van der Waals surface area contributed by atoms with E-state index in [0.29, 0.717) is 48.6 Å². The van der Waals surface area contributed by atoms with Gasteiger partial charge in [0.2, 0.25) is 5.43 Å². The van der Waals surface area contributed by atoms with E-state index in [4.69, 9.17) is 9.47 Å². The molecule has 2 heterocycles. The van der Waals surface area contributed by atoms with Crippen LogP contribution < -0.4 is 20.2 Å². The molecule has 0 fully saturated rings. The Labute approximate surface area is 149 Å². The zero-order chi connectivity index (χ0) is 17.9. The second-order valence-electron chi connectivity index (χ2n) is 6.06. The van der Waals surface area contributed by atoms with Crippen molar-refractivity contribution in [3.63, 3.8) is 0 Å². The number of rotatable bonds is 4. The van der Waals surface area contributed by atoms with E-state index in [2.05, 4.69) is 10.3 Å². The molecule has 3 aromatic rings. The van der Waals surface area contributed by atoms with Gasteiger partial charge in [-0.3, -0.25) is 9.59 Å². The molecule has 6 heteroatoms. The van der Waals surface area contributed by atoms with Crippen LogP contribution in [-0.2, 0) is 6.42 Å². The maximum atomic E-state index is 12.7. The van der Waals surface area contributed by atoms with Gasteiger partial charge in [0.1, 0.15) is 18.8 Å². The number of pyridine rings is 1. The largest absolute Gasteiger partial charge is 0.486 e. The molecule has 132 valence electrons. The molecule has 26 heavy (non-hydrogen) atoms. The lowest BCUT2D eigenvalue weighted by Gasteiger charge is -2.18. The molecule has 0 atom stereocenters. The van der Waals surface area contributed by atoms with Crippen molar-refractivity contribution in [3.05, 3.63) is 70.0 Å². The first kappa shape index (κ1) is 16.2. The Hall–Kier alpha value is -3.28. The third-order valence-corrected chi connectivity index (χ3v) is 4.33. The van der Waals surface area contributed by atoms with Crippen LogP contribution in [0, 0.1) is 0 Å². The fourth-order valence-electron chi connectivity index (χ4n) is 2.99. The van der Waals surface area contributed by atoms with Crippen molar-refractivity contribution in [2.75, 3.05) is 19.8 Å². The Morgan fingerprint density at radius 2 is 1.81 bits per heavy atom. The molecule has 2 N–H and O–H groups in total. The van der Waals surface area contributed by atoms with E-state index in [-0.39, 0.29) is 16.9 Å². The van der Waals surface area contributed by atoms with Crippen molar-refractivity contribution in [3.8, 4) is 11.5 Å². The standard InChI is InChI=1S/C20H18N2O4/c23-19-14-10-17-18(26-9-8-25-17)11-16(14)22-12-15(19)20(24)21-7-6-13-4-2-1-3-5-13/h1-5,10-12H,6-9H2,(H,21,24)(H,22,23). The van der Waals surface area contributed by atoms with Crippen LogP contribution in [0.5, 0.6) is 11.5 Å². The van der Waals surface area contributed by atoms with Gasteiger partial charge in [-0.1, -0.05) is 30.3 Å². The van der Waals surface area contributed by atoms with Crippen LogP contribution in [0.25, 0.3) is 10.9 Å². The Kier molecular flexibility index (Phi) is 4.31. The predicted octanol–water partition coefficient (Wildman–Crippen LogP) is 2.27. The van der Waals surface area contributed by atoms with Crippen LogP contribution in [0.3, 0.4) is 0 Å². The summed E-state index contributed by atoms with van der Waals surface area (Å²) >= 11 is 0. The monoisotopic (exact) mass is 350 g/mol.